The second kappa shape index (κ2) is 8.23. The Morgan fingerprint density at radius 1 is 0.938 bits per heavy atom. The Kier molecular flexibility index (Phi) is 5.11. The highest BCUT2D eigenvalue weighted by molar-refractivity contribution is 5.93. The second-order valence-electron chi connectivity index (χ2n) is 7.76. The number of methoxy groups -OCH3 is 1. The summed E-state index contributed by atoms with van der Waals surface area (Å²) in [6, 6.07) is 18.4. The summed E-state index contributed by atoms with van der Waals surface area (Å²) in [4.78, 5) is 18.2. The standard InChI is InChI=1S/C26H23N5O/c1-17-14-31(16-30-17)22-10-9-20(13-23(22)32-3)25-21-11-12-27-24(26(21)29-15-28-25)18(2)19-7-5-4-6-8-19/h4-16,18H,1-3H3. The van der Waals surface area contributed by atoms with Gasteiger partial charge in [0.05, 0.1) is 41.7 Å². The zero-order valence-corrected chi connectivity index (χ0v) is 18.2. The van der Waals surface area contributed by atoms with E-state index in [2.05, 4.69) is 45.1 Å². The zero-order valence-electron chi connectivity index (χ0n) is 18.2. The van der Waals surface area contributed by atoms with Crippen molar-refractivity contribution in [2.24, 2.45) is 0 Å². The zero-order chi connectivity index (χ0) is 22.1. The van der Waals surface area contributed by atoms with E-state index in [4.69, 9.17) is 4.74 Å². The largest absolute Gasteiger partial charge is 0.495 e. The normalized spacial score (nSPS) is 12.1. The number of imidazole rings is 1. The van der Waals surface area contributed by atoms with Crippen molar-refractivity contribution >= 4 is 10.9 Å². The molecule has 0 saturated heterocycles. The van der Waals surface area contributed by atoms with Gasteiger partial charge >= 0.3 is 0 Å². The molecule has 1 atom stereocenters. The van der Waals surface area contributed by atoms with E-state index in [1.165, 1.54) is 5.56 Å². The molecule has 0 N–H and O–H groups in total. The van der Waals surface area contributed by atoms with Crippen molar-refractivity contribution in [2.75, 3.05) is 7.11 Å². The van der Waals surface area contributed by atoms with E-state index in [1.807, 2.05) is 60.3 Å². The number of aromatic nitrogens is 5. The summed E-state index contributed by atoms with van der Waals surface area (Å²) in [6.07, 6.45) is 7.21. The lowest BCUT2D eigenvalue weighted by Gasteiger charge is -2.15. The average Bonchev–Trinajstić information content (AvgIpc) is 3.29. The molecule has 0 saturated carbocycles. The van der Waals surface area contributed by atoms with Crippen LogP contribution in [0.4, 0.5) is 0 Å². The molecular formula is C26H23N5O. The number of nitrogens with zero attached hydrogens (tertiary/aromatic N) is 5. The Morgan fingerprint density at radius 3 is 2.53 bits per heavy atom. The lowest BCUT2D eigenvalue weighted by Crippen LogP contribution is -2.03. The number of rotatable bonds is 5. The quantitative estimate of drug-likeness (QED) is 0.383. The van der Waals surface area contributed by atoms with E-state index in [-0.39, 0.29) is 5.92 Å². The van der Waals surface area contributed by atoms with E-state index in [0.717, 1.165) is 45.0 Å². The Labute approximate surface area is 186 Å². The monoisotopic (exact) mass is 421 g/mol. The number of hydrogen-bond acceptors (Lipinski definition) is 5. The highest BCUT2D eigenvalue weighted by atomic mass is 16.5. The van der Waals surface area contributed by atoms with Crippen molar-refractivity contribution in [3.8, 4) is 22.7 Å². The van der Waals surface area contributed by atoms with Crippen LogP contribution in [0.25, 0.3) is 27.8 Å². The van der Waals surface area contributed by atoms with E-state index >= 15 is 0 Å². The number of pyridine rings is 1. The van der Waals surface area contributed by atoms with E-state index < -0.39 is 0 Å². The van der Waals surface area contributed by atoms with Crippen LogP contribution in [0.1, 0.15) is 29.8 Å². The van der Waals surface area contributed by atoms with Gasteiger partial charge in [0, 0.05) is 29.3 Å². The van der Waals surface area contributed by atoms with Crippen LogP contribution in [0.15, 0.2) is 79.6 Å². The summed E-state index contributed by atoms with van der Waals surface area (Å²) in [5.41, 5.74) is 6.69. The maximum Gasteiger partial charge on any atom is 0.143 e. The van der Waals surface area contributed by atoms with E-state index in [9.17, 15) is 0 Å². The van der Waals surface area contributed by atoms with Crippen molar-refractivity contribution in [1.29, 1.82) is 0 Å². The Hall–Kier alpha value is -4.06. The molecule has 5 rings (SSSR count). The molecule has 0 aliphatic carbocycles. The first-order valence-corrected chi connectivity index (χ1v) is 10.5. The van der Waals surface area contributed by atoms with Crippen molar-refractivity contribution in [3.05, 3.63) is 96.6 Å². The maximum atomic E-state index is 5.70. The van der Waals surface area contributed by atoms with Crippen LogP contribution in [-0.2, 0) is 0 Å². The van der Waals surface area contributed by atoms with E-state index in [0.29, 0.717) is 0 Å². The van der Waals surface area contributed by atoms with Crippen LogP contribution >= 0.6 is 0 Å². The lowest BCUT2D eigenvalue weighted by atomic mass is 9.95. The molecule has 6 heteroatoms. The summed E-state index contributed by atoms with van der Waals surface area (Å²) in [6.45, 7) is 4.12. The minimum Gasteiger partial charge on any atom is -0.495 e. The fourth-order valence-electron chi connectivity index (χ4n) is 4.05. The van der Waals surface area contributed by atoms with Gasteiger partial charge in [0.1, 0.15) is 12.1 Å². The Morgan fingerprint density at radius 2 is 1.78 bits per heavy atom. The molecule has 3 heterocycles. The SMILES string of the molecule is COc1cc(-c2ncnc3c(C(C)c4ccccc4)nccc23)ccc1-n1cnc(C)c1. The molecule has 0 aliphatic heterocycles. The van der Waals surface area contributed by atoms with E-state index in [1.54, 1.807) is 19.8 Å². The molecular weight excluding hydrogens is 398 g/mol. The molecule has 1 unspecified atom stereocenters. The number of ether oxygens (including phenoxy) is 1. The third-order valence-corrected chi connectivity index (χ3v) is 5.73. The Bertz CT molecular complexity index is 1390. The molecule has 32 heavy (non-hydrogen) atoms. The van der Waals surface area contributed by atoms with Gasteiger partial charge in [0.25, 0.3) is 0 Å². The fraction of sp³-hybridized carbons (Fsp3) is 0.154. The summed E-state index contributed by atoms with van der Waals surface area (Å²) in [5, 5.41) is 0.966. The van der Waals surface area contributed by atoms with Gasteiger partial charge in [-0.2, -0.15) is 0 Å². The molecule has 0 fully saturated rings. The van der Waals surface area contributed by atoms with Crippen LogP contribution < -0.4 is 4.74 Å². The molecule has 0 bridgehead atoms. The first-order valence-electron chi connectivity index (χ1n) is 10.5. The highest BCUT2D eigenvalue weighted by Crippen LogP contribution is 2.34. The maximum absolute atomic E-state index is 5.70. The number of fused-ring (bicyclic) bond motifs is 1. The molecule has 3 aromatic heterocycles. The molecule has 2 aromatic carbocycles. The van der Waals surface area contributed by atoms with Crippen LogP contribution in [0.3, 0.4) is 0 Å². The highest BCUT2D eigenvalue weighted by Gasteiger charge is 2.17. The predicted octanol–water partition coefficient (Wildman–Crippen LogP) is 5.35. The molecule has 5 aromatic rings. The summed E-state index contributed by atoms with van der Waals surface area (Å²) >= 11 is 0. The van der Waals surface area contributed by atoms with Crippen molar-refractivity contribution in [3.63, 3.8) is 0 Å². The lowest BCUT2D eigenvalue weighted by molar-refractivity contribution is 0.413. The van der Waals surface area contributed by atoms with Crippen molar-refractivity contribution in [2.45, 2.75) is 19.8 Å². The van der Waals surface area contributed by atoms with Crippen LogP contribution in [0.5, 0.6) is 5.75 Å². The van der Waals surface area contributed by atoms with Crippen LogP contribution in [-0.4, -0.2) is 31.6 Å². The topological polar surface area (TPSA) is 65.7 Å². The fourth-order valence-corrected chi connectivity index (χ4v) is 4.05. The smallest absolute Gasteiger partial charge is 0.143 e. The van der Waals surface area contributed by atoms with Crippen molar-refractivity contribution in [1.82, 2.24) is 24.5 Å². The third kappa shape index (κ3) is 3.50. The van der Waals surface area contributed by atoms with Gasteiger partial charge < -0.3 is 9.30 Å². The van der Waals surface area contributed by atoms with Gasteiger partial charge in [-0.3, -0.25) is 4.98 Å². The molecule has 0 amide bonds. The van der Waals surface area contributed by atoms with Gasteiger partial charge in [-0.25, -0.2) is 15.0 Å². The summed E-state index contributed by atoms with van der Waals surface area (Å²) in [5.74, 6) is 0.864. The molecule has 0 aliphatic rings. The predicted molar refractivity (Wildman–Crippen MR) is 125 cm³/mol. The minimum absolute atomic E-state index is 0.115. The number of benzene rings is 2. The molecule has 158 valence electrons. The van der Waals surface area contributed by atoms with Gasteiger partial charge in [-0.05, 0) is 30.7 Å². The van der Waals surface area contributed by atoms with Gasteiger partial charge in [-0.1, -0.05) is 43.3 Å². The number of hydrogen-bond donors (Lipinski definition) is 0. The van der Waals surface area contributed by atoms with Gasteiger partial charge in [0.15, 0.2) is 0 Å². The molecule has 6 nitrogen and oxygen atoms in total. The Balaban J connectivity index is 1.62. The first-order chi connectivity index (χ1) is 15.7. The van der Waals surface area contributed by atoms with Crippen molar-refractivity contribution < 1.29 is 4.74 Å². The van der Waals surface area contributed by atoms with Gasteiger partial charge in [0.2, 0.25) is 0 Å². The second-order valence-corrected chi connectivity index (χ2v) is 7.76. The van der Waals surface area contributed by atoms with Crippen LogP contribution in [0.2, 0.25) is 0 Å². The minimum atomic E-state index is 0.115. The molecule has 0 radical (unpaired) electrons. The summed E-state index contributed by atoms with van der Waals surface area (Å²) < 4.78 is 7.66. The van der Waals surface area contributed by atoms with Gasteiger partial charge in [-0.15, -0.1) is 0 Å². The third-order valence-electron chi connectivity index (χ3n) is 5.73. The first kappa shape index (κ1) is 19.9. The average molecular weight is 422 g/mol. The van der Waals surface area contributed by atoms with Crippen LogP contribution in [0, 0.1) is 6.92 Å². The number of aryl methyl sites for hydroxylation is 1. The molecule has 0 spiro atoms. The summed E-state index contributed by atoms with van der Waals surface area (Å²) in [7, 11) is 1.67.